The van der Waals surface area contributed by atoms with Gasteiger partial charge in [-0.25, -0.2) is 0 Å². The molecule has 0 aliphatic carbocycles. The summed E-state index contributed by atoms with van der Waals surface area (Å²) < 4.78 is 4.68. The van der Waals surface area contributed by atoms with Crippen molar-refractivity contribution in [2.45, 2.75) is 18.8 Å². The van der Waals surface area contributed by atoms with Crippen molar-refractivity contribution in [3.05, 3.63) is 12.2 Å². The number of hydrogen-bond acceptors (Lipinski definition) is 4. The summed E-state index contributed by atoms with van der Waals surface area (Å²) in [6.07, 6.45) is 3.77. The zero-order valence-corrected chi connectivity index (χ0v) is 6.29. The largest absolute Gasteiger partial charge is 0.343 e. The topological polar surface area (TPSA) is 51.0 Å². The van der Waals surface area contributed by atoms with E-state index in [0.717, 1.165) is 18.9 Å². The van der Waals surface area contributed by atoms with Gasteiger partial charge < -0.3 is 9.84 Å². The molecule has 1 saturated heterocycles. The number of hydrogen-bond donors (Lipinski definition) is 1. The fourth-order valence-corrected chi connectivity index (χ4v) is 1.43. The lowest BCUT2D eigenvalue weighted by Gasteiger charge is -2.19. The van der Waals surface area contributed by atoms with Gasteiger partial charge in [0, 0.05) is 12.5 Å². The van der Waals surface area contributed by atoms with Crippen LogP contribution in [0.1, 0.15) is 24.6 Å². The normalized spacial score (nSPS) is 25.3. The Hall–Kier alpha value is -0.900. The first-order valence-corrected chi connectivity index (χ1v) is 3.94. The molecule has 0 saturated carbocycles. The first-order chi connectivity index (χ1) is 5.47. The summed E-state index contributed by atoms with van der Waals surface area (Å²) >= 11 is 0. The van der Waals surface area contributed by atoms with Gasteiger partial charge in [0.05, 0.1) is 0 Å². The van der Waals surface area contributed by atoms with Gasteiger partial charge in [-0.1, -0.05) is 5.16 Å². The first kappa shape index (κ1) is 6.79. The summed E-state index contributed by atoms with van der Waals surface area (Å²) in [6, 6.07) is 0. The smallest absolute Gasteiger partial charge is 0.213 e. The molecule has 2 rings (SSSR count). The molecule has 60 valence electrons. The Morgan fingerprint density at radius 2 is 2.64 bits per heavy atom. The highest BCUT2D eigenvalue weighted by Crippen LogP contribution is 2.18. The predicted molar refractivity (Wildman–Crippen MR) is 39.1 cm³/mol. The molecule has 1 aliphatic rings. The van der Waals surface area contributed by atoms with E-state index < -0.39 is 0 Å². The fraction of sp³-hybridized carbons (Fsp3) is 0.714. The summed E-state index contributed by atoms with van der Waals surface area (Å²) in [5, 5.41) is 7.12. The fourth-order valence-electron chi connectivity index (χ4n) is 1.43. The van der Waals surface area contributed by atoms with Gasteiger partial charge in [-0.15, -0.1) is 0 Å². The van der Waals surface area contributed by atoms with E-state index >= 15 is 0 Å². The zero-order valence-electron chi connectivity index (χ0n) is 6.29. The molecule has 1 N–H and O–H groups in total. The minimum absolute atomic E-state index is 0.461. The molecule has 1 atom stereocenters. The molecule has 11 heavy (non-hydrogen) atoms. The maximum atomic E-state index is 4.68. The molecule has 1 aromatic rings. The molecule has 0 bridgehead atoms. The highest BCUT2D eigenvalue weighted by atomic mass is 16.5. The van der Waals surface area contributed by atoms with Crippen LogP contribution in [0.3, 0.4) is 0 Å². The van der Waals surface area contributed by atoms with Gasteiger partial charge in [0.25, 0.3) is 0 Å². The summed E-state index contributed by atoms with van der Waals surface area (Å²) in [5.41, 5.74) is 0. The molecule has 0 aromatic carbocycles. The van der Waals surface area contributed by atoms with Gasteiger partial charge in [-0.2, -0.15) is 4.98 Å². The van der Waals surface area contributed by atoms with E-state index in [-0.39, 0.29) is 0 Å². The third kappa shape index (κ3) is 1.40. The van der Waals surface area contributed by atoms with Crippen LogP contribution in [-0.2, 0) is 0 Å². The van der Waals surface area contributed by atoms with Crippen LogP contribution in [0.5, 0.6) is 0 Å². The summed E-state index contributed by atoms with van der Waals surface area (Å²) in [4.78, 5) is 4.02. The lowest BCUT2D eigenvalue weighted by molar-refractivity contribution is 0.386. The van der Waals surface area contributed by atoms with E-state index in [1.165, 1.54) is 19.2 Å². The van der Waals surface area contributed by atoms with Crippen molar-refractivity contribution in [2.75, 3.05) is 13.1 Å². The number of nitrogens with one attached hydrogen (secondary N) is 1. The van der Waals surface area contributed by atoms with E-state index in [0.29, 0.717) is 5.92 Å². The Balaban J connectivity index is 2.04. The quantitative estimate of drug-likeness (QED) is 0.639. The summed E-state index contributed by atoms with van der Waals surface area (Å²) in [7, 11) is 0. The van der Waals surface area contributed by atoms with Gasteiger partial charge in [0.15, 0.2) is 5.82 Å². The molecule has 4 heteroatoms. The molecule has 0 amide bonds. The van der Waals surface area contributed by atoms with E-state index in [9.17, 15) is 0 Å². The molecule has 1 unspecified atom stereocenters. The van der Waals surface area contributed by atoms with Crippen LogP contribution in [0.25, 0.3) is 0 Å². The van der Waals surface area contributed by atoms with Crippen molar-refractivity contribution in [2.24, 2.45) is 0 Å². The molecule has 1 aromatic heterocycles. The van der Waals surface area contributed by atoms with Gasteiger partial charge in [-0.3, -0.25) is 0 Å². The Kier molecular flexibility index (Phi) is 1.85. The molecular weight excluding hydrogens is 142 g/mol. The molecule has 2 heterocycles. The van der Waals surface area contributed by atoms with Crippen molar-refractivity contribution >= 4 is 0 Å². The molecule has 0 spiro atoms. The van der Waals surface area contributed by atoms with E-state index in [4.69, 9.17) is 0 Å². The monoisotopic (exact) mass is 153 g/mol. The van der Waals surface area contributed by atoms with Crippen molar-refractivity contribution in [3.8, 4) is 0 Å². The van der Waals surface area contributed by atoms with Crippen molar-refractivity contribution in [1.29, 1.82) is 0 Å². The number of piperidine rings is 1. The predicted octanol–water partition coefficient (Wildman–Crippen LogP) is 0.537. The third-order valence-electron chi connectivity index (χ3n) is 2.04. The van der Waals surface area contributed by atoms with Crippen LogP contribution >= 0.6 is 0 Å². The standard InChI is InChI=1S/C7H11N3O/c1-2-6(4-8-3-1)7-9-5-11-10-7/h5-6,8H,1-4H2. The Labute approximate surface area is 65.0 Å². The second-order valence-electron chi connectivity index (χ2n) is 2.83. The van der Waals surface area contributed by atoms with Crippen LogP contribution in [0.2, 0.25) is 0 Å². The highest BCUT2D eigenvalue weighted by molar-refractivity contribution is 4.94. The molecule has 1 fully saturated rings. The third-order valence-corrected chi connectivity index (χ3v) is 2.04. The molecular formula is C7H11N3O. The van der Waals surface area contributed by atoms with Crippen LogP contribution in [0.4, 0.5) is 0 Å². The van der Waals surface area contributed by atoms with Gasteiger partial charge in [0.2, 0.25) is 6.39 Å². The number of aromatic nitrogens is 2. The average molecular weight is 153 g/mol. The van der Waals surface area contributed by atoms with Crippen LogP contribution in [0, 0.1) is 0 Å². The second-order valence-corrected chi connectivity index (χ2v) is 2.83. The minimum atomic E-state index is 0.461. The van der Waals surface area contributed by atoms with Gasteiger partial charge in [-0.05, 0) is 19.4 Å². The maximum Gasteiger partial charge on any atom is 0.213 e. The van der Waals surface area contributed by atoms with Crippen molar-refractivity contribution in [1.82, 2.24) is 15.5 Å². The van der Waals surface area contributed by atoms with Crippen molar-refractivity contribution < 1.29 is 4.52 Å². The van der Waals surface area contributed by atoms with E-state index in [2.05, 4.69) is 20.0 Å². The summed E-state index contributed by atoms with van der Waals surface area (Å²) in [6.45, 7) is 2.11. The zero-order chi connectivity index (χ0) is 7.52. The molecule has 1 aliphatic heterocycles. The molecule has 4 nitrogen and oxygen atoms in total. The van der Waals surface area contributed by atoms with Crippen LogP contribution in [0.15, 0.2) is 10.9 Å². The lowest BCUT2D eigenvalue weighted by Crippen LogP contribution is -2.28. The summed E-state index contributed by atoms with van der Waals surface area (Å²) in [5.74, 6) is 1.31. The van der Waals surface area contributed by atoms with Gasteiger partial charge in [0.1, 0.15) is 0 Å². The average Bonchev–Trinajstić information content (AvgIpc) is 2.58. The van der Waals surface area contributed by atoms with Crippen LogP contribution < -0.4 is 5.32 Å². The van der Waals surface area contributed by atoms with E-state index in [1.807, 2.05) is 0 Å². The lowest BCUT2D eigenvalue weighted by atomic mass is 9.99. The maximum absolute atomic E-state index is 4.68. The Morgan fingerprint density at radius 1 is 1.64 bits per heavy atom. The second kappa shape index (κ2) is 3.00. The van der Waals surface area contributed by atoms with Crippen LogP contribution in [-0.4, -0.2) is 23.2 Å². The minimum Gasteiger partial charge on any atom is -0.343 e. The Morgan fingerprint density at radius 3 is 3.27 bits per heavy atom. The highest BCUT2D eigenvalue weighted by Gasteiger charge is 2.18. The number of rotatable bonds is 1. The van der Waals surface area contributed by atoms with Gasteiger partial charge >= 0.3 is 0 Å². The SMILES string of the molecule is c1nc(C2CCCNC2)no1. The number of nitrogens with zero attached hydrogens (tertiary/aromatic N) is 2. The van der Waals surface area contributed by atoms with E-state index in [1.54, 1.807) is 0 Å². The first-order valence-electron chi connectivity index (χ1n) is 3.94. The molecule has 0 radical (unpaired) electrons. The Bertz CT molecular complexity index is 203. The van der Waals surface area contributed by atoms with Crippen molar-refractivity contribution in [3.63, 3.8) is 0 Å².